The number of thioether (sulfide) groups is 1. The molecule has 0 saturated carbocycles. The Balaban J connectivity index is 2.13. The molecule has 1 amide bonds. The van der Waals surface area contributed by atoms with Crippen molar-refractivity contribution in [1.82, 2.24) is 5.32 Å². The molecule has 0 aromatic heterocycles. The maximum Gasteiger partial charge on any atom is 0.387 e. The van der Waals surface area contributed by atoms with Crippen LogP contribution in [0.25, 0.3) is 6.08 Å². The minimum atomic E-state index is -2.84. The highest BCUT2D eigenvalue weighted by Gasteiger charge is 2.21. The van der Waals surface area contributed by atoms with Gasteiger partial charge in [0.1, 0.15) is 10.1 Å². The number of amides is 1. The van der Waals surface area contributed by atoms with Crippen LogP contribution in [0.1, 0.15) is 5.56 Å². The number of carbonyl (C=O) groups excluding carboxylic acids is 1. The van der Waals surface area contributed by atoms with E-state index in [-0.39, 0.29) is 11.7 Å². The second-order valence-electron chi connectivity index (χ2n) is 3.30. The zero-order chi connectivity index (χ0) is 13.1. The van der Waals surface area contributed by atoms with Gasteiger partial charge in [0.25, 0.3) is 5.91 Å². The molecule has 1 fully saturated rings. The first-order valence-electron chi connectivity index (χ1n) is 4.84. The van der Waals surface area contributed by atoms with Gasteiger partial charge in [0, 0.05) is 0 Å². The predicted molar refractivity (Wildman–Crippen MR) is 69.4 cm³/mol. The smallest absolute Gasteiger partial charge is 0.387 e. The van der Waals surface area contributed by atoms with Gasteiger partial charge in [-0.25, -0.2) is 0 Å². The van der Waals surface area contributed by atoms with Gasteiger partial charge in [-0.3, -0.25) is 4.79 Å². The summed E-state index contributed by atoms with van der Waals surface area (Å²) >= 11 is 6.01. The Hall–Kier alpha value is -1.47. The van der Waals surface area contributed by atoms with Crippen molar-refractivity contribution in [1.29, 1.82) is 0 Å². The van der Waals surface area contributed by atoms with Gasteiger partial charge in [-0.05, 0) is 23.8 Å². The van der Waals surface area contributed by atoms with Gasteiger partial charge in [0.05, 0.1) is 4.91 Å². The first kappa shape index (κ1) is 13.0. The Kier molecular flexibility index (Phi) is 3.93. The number of ether oxygens (including phenoxy) is 1. The summed E-state index contributed by atoms with van der Waals surface area (Å²) in [5.41, 5.74) is 0.707. The lowest BCUT2D eigenvalue weighted by molar-refractivity contribution is -0.115. The molecular weight excluding hydrogens is 280 g/mol. The standard InChI is InChI=1S/C11H7F2NO2S2/c12-10(13)16-7-3-1-6(2-4-7)5-8-9(15)14-11(17)18-8/h1-5,10H,(H,14,15,17). The molecule has 1 aliphatic rings. The molecule has 0 bridgehead atoms. The summed E-state index contributed by atoms with van der Waals surface area (Å²) < 4.78 is 28.5. The zero-order valence-electron chi connectivity index (χ0n) is 8.85. The number of hydrogen-bond donors (Lipinski definition) is 1. The summed E-state index contributed by atoms with van der Waals surface area (Å²) in [6.45, 7) is -2.84. The minimum absolute atomic E-state index is 0.0752. The highest BCUT2D eigenvalue weighted by atomic mass is 32.2. The monoisotopic (exact) mass is 287 g/mol. The fraction of sp³-hybridized carbons (Fsp3) is 0.0909. The molecule has 1 saturated heterocycles. The lowest BCUT2D eigenvalue weighted by atomic mass is 10.2. The molecule has 1 aliphatic heterocycles. The molecule has 0 unspecified atom stereocenters. The van der Waals surface area contributed by atoms with Gasteiger partial charge in [-0.2, -0.15) is 8.78 Å². The maximum absolute atomic E-state index is 11.9. The van der Waals surface area contributed by atoms with Crippen molar-refractivity contribution in [3.63, 3.8) is 0 Å². The van der Waals surface area contributed by atoms with Crippen molar-refractivity contribution in [2.24, 2.45) is 0 Å². The van der Waals surface area contributed by atoms with Crippen LogP contribution in [-0.4, -0.2) is 16.8 Å². The van der Waals surface area contributed by atoms with E-state index in [4.69, 9.17) is 12.2 Å². The van der Waals surface area contributed by atoms with E-state index in [0.29, 0.717) is 14.8 Å². The number of carbonyl (C=O) groups is 1. The maximum atomic E-state index is 11.9. The van der Waals surface area contributed by atoms with Crippen LogP contribution in [-0.2, 0) is 4.79 Å². The van der Waals surface area contributed by atoms with Gasteiger partial charge in [0.15, 0.2) is 0 Å². The van der Waals surface area contributed by atoms with Crippen LogP contribution in [0.5, 0.6) is 5.75 Å². The van der Waals surface area contributed by atoms with E-state index < -0.39 is 6.61 Å². The molecule has 7 heteroatoms. The Labute approximate surface area is 111 Å². The van der Waals surface area contributed by atoms with E-state index >= 15 is 0 Å². The number of thiocarbonyl (C=S) groups is 1. The third kappa shape index (κ3) is 3.27. The summed E-state index contributed by atoms with van der Waals surface area (Å²) in [5.74, 6) is -0.177. The normalized spacial score (nSPS) is 17.4. The lowest BCUT2D eigenvalue weighted by Crippen LogP contribution is -2.17. The van der Waals surface area contributed by atoms with E-state index in [2.05, 4.69) is 10.1 Å². The van der Waals surface area contributed by atoms with Crippen molar-refractivity contribution >= 4 is 40.3 Å². The Morgan fingerprint density at radius 1 is 1.33 bits per heavy atom. The van der Waals surface area contributed by atoms with E-state index in [1.54, 1.807) is 18.2 Å². The molecule has 94 valence electrons. The van der Waals surface area contributed by atoms with Crippen LogP contribution >= 0.6 is 24.0 Å². The highest BCUT2D eigenvalue weighted by molar-refractivity contribution is 8.26. The van der Waals surface area contributed by atoms with Crippen molar-refractivity contribution in [3.05, 3.63) is 34.7 Å². The van der Waals surface area contributed by atoms with Crippen molar-refractivity contribution in [3.8, 4) is 5.75 Å². The number of alkyl halides is 2. The number of halogens is 2. The van der Waals surface area contributed by atoms with Crippen molar-refractivity contribution in [2.75, 3.05) is 0 Å². The SMILES string of the molecule is O=C1NC(=S)SC1=Cc1ccc(OC(F)F)cc1. The molecule has 1 heterocycles. The number of hydrogen-bond acceptors (Lipinski definition) is 4. The second kappa shape index (κ2) is 5.45. The Morgan fingerprint density at radius 3 is 2.50 bits per heavy atom. The highest BCUT2D eigenvalue weighted by Crippen LogP contribution is 2.26. The van der Waals surface area contributed by atoms with Crippen LogP contribution < -0.4 is 10.1 Å². The molecule has 2 rings (SSSR count). The van der Waals surface area contributed by atoms with Crippen molar-refractivity contribution < 1.29 is 18.3 Å². The lowest BCUT2D eigenvalue weighted by Gasteiger charge is -2.03. The first-order valence-corrected chi connectivity index (χ1v) is 6.07. The van der Waals surface area contributed by atoms with Crippen LogP contribution in [0.2, 0.25) is 0 Å². The van der Waals surface area contributed by atoms with Crippen molar-refractivity contribution in [2.45, 2.75) is 6.61 Å². The molecule has 18 heavy (non-hydrogen) atoms. The molecule has 3 nitrogen and oxygen atoms in total. The van der Waals surface area contributed by atoms with E-state index in [0.717, 1.165) is 11.8 Å². The molecule has 1 aromatic carbocycles. The van der Waals surface area contributed by atoms with Crippen LogP contribution in [0, 0.1) is 0 Å². The predicted octanol–water partition coefficient (Wildman–Crippen LogP) is 2.78. The van der Waals surface area contributed by atoms with E-state index in [9.17, 15) is 13.6 Å². The van der Waals surface area contributed by atoms with Gasteiger partial charge >= 0.3 is 6.61 Å². The Bertz CT molecular complexity index is 514. The average Bonchev–Trinajstić information content (AvgIpc) is 2.59. The molecular formula is C11H7F2NO2S2. The first-order chi connectivity index (χ1) is 8.54. The molecule has 1 N–H and O–H groups in total. The number of rotatable bonds is 3. The topological polar surface area (TPSA) is 38.3 Å². The summed E-state index contributed by atoms with van der Waals surface area (Å²) in [7, 11) is 0. The van der Waals surface area contributed by atoms with Gasteiger partial charge in [0.2, 0.25) is 0 Å². The minimum Gasteiger partial charge on any atom is -0.435 e. The largest absolute Gasteiger partial charge is 0.435 e. The van der Waals surface area contributed by atoms with Gasteiger partial charge in [-0.1, -0.05) is 36.1 Å². The quantitative estimate of drug-likeness (QED) is 0.685. The third-order valence-electron chi connectivity index (χ3n) is 2.05. The molecule has 0 radical (unpaired) electrons. The Morgan fingerprint density at radius 2 is 2.00 bits per heavy atom. The van der Waals surface area contributed by atoms with Crippen LogP contribution in [0.3, 0.4) is 0 Å². The fourth-order valence-corrected chi connectivity index (χ4v) is 2.36. The summed E-state index contributed by atoms with van der Waals surface area (Å²) in [5, 5.41) is 2.49. The molecule has 0 spiro atoms. The average molecular weight is 287 g/mol. The van der Waals surface area contributed by atoms with E-state index in [1.165, 1.54) is 12.1 Å². The zero-order valence-corrected chi connectivity index (χ0v) is 10.5. The van der Waals surface area contributed by atoms with Gasteiger partial charge < -0.3 is 10.1 Å². The molecule has 0 atom stereocenters. The van der Waals surface area contributed by atoms with E-state index in [1.807, 2.05) is 0 Å². The second-order valence-corrected chi connectivity index (χ2v) is 5.02. The molecule has 0 aliphatic carbocycles. The summed E-state index contributed by atoms with van der Waals surface area (Å²) in [4.78, 5) is 11.9. The molecule has 1 aromatic rings. The van der Waals surface area contributed by atoms with Crippen LogP contribution in [0.4, 0.5) is 8.78 Å². The third-order valence-corrected chi connectivity index (χ3v) is 3.21. The summed E-state index contributed by atoms with van der Waals surface area (Å²) in [6, 6.07) is 5.99. The number of nitrogens with one attached hydrogen (secondary N) is 1. The van der Waals surface area contributed by atoms with Crippen LogP contribution in [0.15, 0.2) is 29.2 Å². The fourth-order valence-electron chi connectivity index (χ4n) is 1.32. The van der Waals surface area contributed by atoms with Gasteiger partial charge in [-0.15, -0.1) is 0 Å². The summed E-state index contributed by atoms with van der Waals surface area (Å²) in [6.07, 6.45) is 1.63. The number of benzene rings is 1.